The van der Waals surface area contributed by atoms with Crippen molar-refractivity contribution in [3.05, 3.63) is 149 Å². The fraction of sp³-hybridized carbons (Fsp3) is 0.140. The van der Waals surface area contributed by atoms with E-state index in [1.807, 2.05) is 36.4 Å². The number of fused-ring (bicyclic) bond motifs is 5. The zero-order chi connectivity index (χ0) is 31.5. The van der Waals surface area contributed by atoms with Crippen LogP contribution in [0, 0.1) is 0 Å². The maximum absolute atomic E-state index is 13.5. The average molecular weight is 598 g/mol. The van der Waals surface area contributed by atoms with Gasteiger partial charge >= 0.3 is 0 Å². The smallest absolute Gasteiger partial charge is 0.200 e. The number of rotatable bonds is 5. The Labute approximate surface area is 268 Å². The van der Waals surface area contributed by atoms with Crippen LogP contribution in [0.3, 0.4) is 0 Å². The molecule has 0 aliphatic heterocycles. The van der Waals surface area contributed by atoms with E-state index in [4.69, 9.17) is 4.42 Å². The molecular weight excluding hydrogens is 562 g/mol. The van der Waals surface area contributed by atoms with E-state index in [2.05, 4.69) is 123 Å². The summed E-state index contributed by atoms with van der Waals surface area (Å²) in [6.07, 6.45) is 0. The van der Waals surface area contributed by atoms with Crippen LogP contribution in [0.15, 0.2) is 137 Å². The molecule has 224 valence electrons. The Morgan fingerprint density at radius 1 is 0.478 bits per heavy atom. The van der Waals surface area contributed by atoms with Gasteiger partial charge in [-0.3, -0.25) is 4.79 Å². The van der Waals surface area contributed by atoms with Gasteiger partial charge in [-0.25, -0.2) is 0 Å². The lowest BCUT2D eigenvalue weighted by Crippen LogP contribution is -2.04. The van der Waals surface area contributed by atoms with Crippen molar-refractivity contribution >= 4 is 43.7 Å². The normalized spacial score (nSPS) is 12.0. The van der Waals surface area contributed by atoms with Crippen molar-refractivity contribution in [2.45, 2.75) is 39.5 Å². The van der Waals surface area contributed by atoms with E-state index >= 15 is 0 Å². The Morgan fingerprint density at radius 2 is 0.978 bits per heavy atom. The molecule has 0 spiro atoms. The highest BCUT2D eigenvalue weighted by Gasteiger charge is 2.23. The van der Waals surface area contributed by atoms with E-state index in [9.17, 15) is 4.79 Å². The Morgan fingerprint density at radius 3 is 1.52 bits per heavy atom. The van der Waals surface area contributed by atoms with Crippen LogP contribution in [0.4, 0.5) is 0 Å². The molecule has 0 fully saturated rings. The van der Waals surface area contributed by atoms with Gasteiger partial charge in [-0.15, -0.1) is 0 Å². The molecule has 0 amide bonds. The largest absolute Gasteiger partial charge is 0.456 e. The van der Waals surface area contributed by atoms with Crippen LogP contribution in [-0.4, -0.2) is 4.57 Å². The van der Waals surface area contributed by atoms with E-state index in [0.717, 1.165) is 5.69 Å². The summed E-state index contributed by atoms with van der Waals surface area (Å²) >= 11 is 0. The Balaban J connectivity index is 1.54. The van der Waals surface area contributed by atoms with Gasteiger partial charge in [0.2, 0.25) is 5.43 Å². The first kappa shape index (κ1) is 28.1. The van der Waals surface area contributed by atoms with Gasteiger partial charge in [-0.05, 0) is 93.7 Å². The lowest BCUT2D eigenvalue weighted by atomic mass is 9.92. The van der Waals surface area contributed by atoms with Crippen LogP contribution >= 0.6 is 0 Å². The van der Waals surface area contributed by atoms with Crippen LogP contribution in [-0.2, 0) is 0 Å². The zero-order valence-electron chi connectivity index (χ0n) is 26.5. The number of nitrogens with zero attached hydrogens (tertiary/aromatic N) is 1. The second-order valence-electron chi connectivity index (χ2n) is 12.9. The summed E-state index contributed by atoms with van der Waals surface area (Å²) in [6, 6.07) is 44.3. The number of hydrogen-bond donors (Lipinski definition) is 0. The summed E-state index contributed by atoms with van der Waals surface area (Å²) in [4.78, 5) is 13.5. The topological polar surface area (TPSA) is 35.1 Å². The van der Waals surface area contributed by atoms with Crippen molar-refractivity contribution in [3.8, 4) is 27.9 Å². The number of para-hydroxylation sites is 1. The number of aromatic nitrogens is 1. The predicted octanol–water partition coefficient (Wildman–Crippen LogP) is 11.6. The first-order valence-corrected chi connectivity index (χ1v) is 16.1. The molecule has 0 saturated heterocycles. The van der Waals surface area contributed by atoms with E-state index < -0.39 is 0 Å². The second kappa shape index (κ2) is 10.9. The van der Waals surface area contributed by atoms with Gasteiger partial charge in [0.05, 0.1) is 21.8 Å². The third-order valence-corrected chi connectivity index (χ3v) is 9.29. The number of benzene rings is 6. The molecule has 0 bridgehead atoms. The third kappa shape index (κ3) is 4.46. The SMILES string of the molecule is CC(C)c1cc(-c2ccccc2)cc2c3cc(-c4ccccc4)cc(C(C)C)c3n(-c3ccc4c(=O)c5ccccc5oc4c3)c12. The van der Waals surface area contributed by atoms with Crippen LogP contribution < -0.4 is 5.43 Å². The van der Waals surface area contributed by atoms with Crippen molar-refractivity contribution in [2.75, 3.05) is 0 Å². The molecule has 0 saturated carbocycles. The zero-order valence-corrected chi connectivity index (χ0v) is 26.5. The molecule has 0 radical (unpaired) electrons. The monoisotopic (exact) mass is 597 g/mol. The molecule has 2 aromatic heterocycles. The van der Waals surface area contributed by atoms with E-state index in [-0.39, 0.29) is 17.3 Å². The molecule has 46 heavy (non-hydrogen) atoms. The maximum atomic E-state index is 13.5. The Bertz CT molecular complexity index is 2370. The Kier molecular flexibility index (Phi) is 6.65. The van der Waals surface area contributed by atoms with Crippen molar-refractivity contribution in [1.29, 1.82) is 0 Å². The van der Waals surface area contributed by atoms with Crippen molar-refractivity contribution in [2.24, 2.45) is 0 Å². The third-order valence-electron chi connectivity index (χ3n) is 9.29. The highest BCUT2D eigenvalue weighted by molar-refractivity contribution is 6.14. The molecule has 3 heteroatoms. The maximum Gasteiger partial charge on any atom is 0.200 e. The molecule has 0 aliphatic rings. The second-order valence-corrected chi connectivity index (χ2v) is 12.9. The molecule has 0 N–H and O–H groups in total. The molecule has 0 aliphatic carbocycles. The quantitative estimate of drug-likeness (QED) is 0.185. The minimum absolute atomic E-state index is 0.00336. The van der Waals surface area contributed by atoms with Crippen molar-refractivity contribution in [3.63, 3.8) is 0 Å². The van der Waals surface area contributed by atoms with E-state index in [0.29, 0.717) is 21.9 Å². The highest BCUT2D eigenvalue weighted by Crippen LogP contribution is 2.44. The molecule has 3 nitrogen and oxygen atoms in total. The average Bonchev–Trinajstić information content (AvgIpc) is 3.42. The summed E-state index contributed by atoms with van der Waals surface area (Å²) in [5.74, 6) is 0.542. The Hall–Kier alpha value is -5.41. The van der Waals surface area contributed by atoms with Gasteiger partial charge in [0, 0.05) is 22.5 Å². The summed E-state index contributed by atoms with van der Waals surface area (Å²) < 4.78 is 8.81. The van der Waals surface area contributed by atoms with Crippen molar-refractivity contribution < 1.29 is 4.42 Å². The van der Waals surface area contributed by atoms with Crippen LogP contribution in [0.2, 0.25) is 0 Å². The van der Waals surface area contributed by atoms with Crippen LogP contribution in [0.25, 0.3) is 71.7 Å². The summed E-state index contributed by atoms with van der Waals surface area (Å²) in [5, 5.41) is 3.64. The van der Waals surface area contributed by atoms with Crippen LogP contribution in [0.5, 0.6) is 0 Å². The molecule has 2 heterocycles. The molecule has 6 aromatic carbocycles. The molecule has 8 rings (SSSR count). The van der Waals surface area contributed by atoms with Crippen molar-refractivity contribution in [1.82, 2.24) is 4.57 Å². The highest BCUT2D eigenvalue weighted by atomic mass is 16.3. The van der Waals surface area contributed by atoms with Gasteiger partial charge in [-0.1, -0.05) is 100 Å². The van der Waals surface area contributed by atoms with Crippen LogP contribution in [0.1, 0.15) is 50.7 Å². The summed E-state index contributed by atoms with van der Waals surface area (Å²) in [6.45, 7) is 9.09. The minimum Gasteiger partial charge on any atom is -0.456 e. The molecule has 0 atom stereocenters. The van der Waals surface area contributed by atoms with Gasteiger partial charge in [0.25, 0.3) is 0 Å². The fourth-order valence-electron chi connectivity index (χ4n) is 7.00. The first-order valence-electron chi connectivity index (χ1n) is 16.1. The number of hydrogen-bond acceptors (Lipinski definition) is 2. The van der Waals surface area contributed by atoms with Gasteiger partial charge < -0.3 is 8.98 Å². The van der Waals surface area contributed by atoms with E-state index in [1.165, 1.54) is 55.2 Å². The summed E-state index contributed by atoms with van der Waals surface area (Å²) in [5.41, 5.74) is 12.0. The van der Waals surface area contributed by atoms with Gasteiger partial charge in [-0.2, -0.15) is 0 Å². The van der Waals surface area contributed by atoms with Gasteiger partial charge in [0.1, 0.15) is 11.2 Å². The summed E-state index contributed by atoms with van der Waals surface area (Å²) in [7, 11) is 0. The lowest BCUT2D eigenvalue weighted by molar-refractivity contribution is 0.659. The molecule has 0 unspecified atom stereocenters. The molecular formula is C43H35NO2. The lowest BCUT2D eigenvalue weighted by Gasteiger charge is -2.18. The standard InChI is InChI=1S/C43H35NO2/c1-26(2)35-21-30(28-13-7-5-8-14-28)23-37-38-24-31(29-15-9-6-10-16-29)22-36(27(3)4)42(38)44(41(35)37)32-19-20-34-40(25-32)46-39-18-12-11-17-33(39)43(34)45/h5-27H,1-4H3. The van der Waals surface area contributed by atoms with Gasteiger partial charge in [0.15, 0.2) is 0 Å². The predicted molar refractivity (Wildman–Crippen MR) is 193 cm³/mol. The fourth-order valence-corrected chi connectivity index (χ4v) is 7.00. The first-order chi connectivity index (χ1) is 22.4. The molecule has 8 aromatic rings. The van der Waals surface area contributed by atoms with E-state index in [1.54, 1.807) is 0 Å². The minimum atomic E-state index is -0.00336.